The molecule has 1 aromatic carbocycles. The van der Waals surface area contributed by atoms with E-state index in [-0.39, 0.29) is 18.6 Å². The third-order valence-corrected chi connectivity index (χ3v) is 3.88. The van der Waals surface area contributed by atoms with E-state index < -0.39 is 30.4 Å². The molecule has 2 heterocycles. The van der Waals surface area contributed by atoms with E-state index in [2.05, 4.69) is 0 Å². The average molecular weight is 319 g/mol. The second-order valence-electron chi connectivity index (χ2n) is 6.90. The highest BCUT2D eigenvalue weighted by atomic mass is 16.6. The monoisotopic (exact) mass is 319 g/mol. The van der Waals surface area contributed by atoms with Crippen molar-refractivity contribution in [2.24, 2.45) is 0 Å². The smallest absolute Gasteiger partial charge is 0.447 e. The third kappa shape index (κ3) is 2.68. The van der Waals surface area contributed by atoms with E-state index in [1.165, 1.54) is 23.1 Å². The van der Waals surface area contributed by atoms with Gasteiger partial charge in [-0.15, -0.1) is 0 Å². The highest BCUT2D eigenvalue weighted by Gasteiger charge is 2.56. The first kappa shape index (κ1) is 15.8. The van der Waals surface area contributed by atoms with E-state index >= 15 is 0 Å². The predicted molar refractivity (Wildman–Crippen MR) is 81.2 cm³/mol. The number of hydrogen-bond donors (Lipinski definition) is 2. The minimum Gasteiger partial charge on any atom is -0.447 e. The molecular formula is C15H18BNO6. The van der Waals surface area contributed by atoms with E-state index in [0.717, 1.165) is 0 Å². The van der Waals surface area contributed by atoms with Crippen LogP contribution in [0.4, 0.5) is 4.79 Å². The summed E-state index contributed by atoms with van der Waals surface area (Å²) in [6.45, 7) is 5.71. The van der Waals surface area contributed by atoms with Crippen LogP contribution in [0.2, 0.25) is 0 Å². The molecule has 1 amide bonds. The van der Waals surface area contributed by atoms with E-state index in [4.69, 9.17) is 9.47 Å². The van der Waals surface area contributed by atoms with Gasteiger partial charge in [0.15, 0.2) is 5.60 Å². The first-order valence-corrected chi connectivity index (χ1v) is 7.33. The van der Waals surface area contributed by atoms with Crippen molar-refractivity contribution in [1.29, 1.82) is 0 Å². The van der Waals surface area contributed by atoms with Crippen LogP contribution in [0, 0.1) is 0 Å². The lowest BCUT2D eigenvalue weighted by Crippen LogP contribution is -2.62. The fourth-order valence-electron chi connectivity index (χ4n) is 2.83. The van der Waals surface area contributed by atoms with Crippen LogP contribution in [0.5, 0.6) is 0 Å². The molecule has 0 atom stereocenters. The number of amides is 1. The van der Waals surface area contributed by atoms with Crippen molar-refractivity contribution in [3.63, 3.8) is 0 Å². The van der Waals surface area contributed by atoms with Crippen molar-refractivity contribution in [2.75, 3.05) is 13.1 Å². The minimum atomic E-state index is -1.63. The van der Waals surface area contributed by atoms with Crippen LogP contribution in [-0.2, 0) is 15.1 Å². The molecule has 0 aromatic heterocycles. The standard InChI is InChI=1S/C15H18BNO6/c1-14(2,3)23-13(19)17-7-15(8-17)11-6-9(16(20)21)4-5-10(11)12(18)22-15/h4-6,20-21H,7-8H2,1-3H3. The van der Waals surface area contributed by atoms with Gasteiger partial charge in [-0.2, -0.15) is 0 Å². The number of carbonyl (C=O) groups is 2. The molecule has 1 aromatic rings. The number of esters is 1. The SMILES string of the molecule is CC(C)(C)OC(=O)N1CC2(C1)OC(=O)c1ccc(B(O)O)cc12. The van der Waals surface area contributed by atoms with Crippen molar-refractivity contribution < 1.29 is 29.1 Å². The summed E-state index contributed by atoms with van der Waals surface area (Å²) in [6, 6.07) is 4.52. The molecule has 8 heteroatoms. The maximum atomic E-state index is 12.0. The van der Waals surface area contributed by atoms with E-state index in [0.29, 0.717) is 11.1 Å². The Morgan fingerprint density at radius 2 is 2.00 bits per heavy atom. The van der Waals surface area contributed by atoms with Crippen LogP contribution in [0.1, 0.15) is 36.7 Å². The van der Waals surface area contributed by atoms with Gasteiger partial charge in [-0.3, -0.25) is 4.90 Å². The van der Waals surface area contributed by atoms with Crippen molar-refractivity contribution >= 4 is 24.6 Å². The molecule has 0 unspecified atom stereocenters. The van der Waals surface area contributed by atoms with Gasteiger partial charge in [-0.1, -0.05) is 12.1 Å². The molecule has 2 aliphatic rings. The van der Waals surface area contributed by atoms with Gasteiger partial charge in [0.2, 0.25) is 0 Å². The van der Waals surface area contributed by atoms with Crippen molar-refractivity contribution in [1.82, 2.24) is 4.90 Å². The van der Waals surface area contributed by atoms with E-state index in [1.54, 1.807) is 20.8 Å². The maximum absolute atomic E-state index is 12.0. The normalized spacial score (nSPS) is 18.3. The van der Waals surface area contributed by atoms with Gasteiger partial charge in [0.05, 0.1) is 18.7 Å². The summed E-state index contributed by atoms with van der Waals surface area (Å²) in [5.41, 5.74) is -0.282. The summed E-state index contributed by atoms with van der Waals surface area (Å²) in [5, 5.41) is 18.6. The number of rotatable bonds is 1. The van der Waals surface area contributed by atoms with Crippen LogP contribution in [0.25, 0.3) is 0 Å². The molecule has 0 bridgehead atoms. The zero-order valence-corrected chi connectivity index (χ0v) is 13.2. The van der Waals surface area contributed by atoms with Crippen molar-refractivity contribution in [3.8, 4) is 0 Å². The number of hydrogen-bond acceptors (Lipinski definition) is 6. The zero-order chi connectivity index (χ0) is 17.0. The number of likely N-dealkylation sites (tertiary alicyclic amines) is 1. The molecule has 1 saturated heterocycles. The molecule has 7 nitrogen and oxygen atoms in total. The molecule has 3 rings (SSSR count). The topological polar surface area (TPSA) is 96.3 Å². The summed E-state index contributed by atoms with van der Waals surface area (Å²) >= 11 is 0. The Bertz CT molecular complexity index is 675. The molecule has 2 N–H and O–H groups in total. The first-order valence-electron chi connectivity index (χ1n) is 7.33. The highest BCUT2D eigenvalue weighted by molar-refractivity contribution is 6.58. The minimum absolute atomic E-state index is 0.186. The Hall–Kier alpha value is -2.06. The Morgan fingerprint density at radius 1 is 1.35 bits per heavy atom. The highest BCUT2D eigenvalue weighted by Crippen LogP contribution is 2.43. The second-order valence-corrected chi connectivity index (χ2v) is 6.90. The maximum Gasteiger partial charge on any atom is 0.488 e. The van der Waals surface area contributed by atoms with Crippen molar-refractivity contribution in [2.45, 2.75) is 32.0 Å². The van der Waals surface area contributed by atoms with Gasteiger partial charge >= 0.3 is 19.2 Å². The average Bonchev–Trinajstić information content (AvgIpc) is 2.68. The number of benzene rings is 1. The van der Waals surface area contributed by atoms with Crippen molar-refractivity contribution in [3.05, 3.63) is 29.3 Å². The number of carbonyl (C=O) groups excluding carboxylic acids is 2. The van der Waals surface area contributed by atoms with Gasteiger partial charge < -0.3 is 19.5 Å². The summed E-state index contributed by atoms with van der Waals surface area (Å²) in [7, 11) is -1.63. The Balaban J connectivity index is 1.81. The molecule has 23 heavy (non-hydrogen) atoms. The lowest BCUT2D eigenvalue weighted by Gasteiger charge is -2.46. The fourth-order valence-corrected chi connectivity index (χ4v) is 2.83. The summed E-state index contributed by atoms with van der Waals surface area (Å²) < 4.78 is 10.7. The summed E-state index contributed by atoms with van der Waals surface area (Å²) in [5.74, 6) is -0.470. The zero-order valence-electron chi connectivity index (χ0n) is 13.2. The van der Waals surface area contributed by atoms with E-state index in [1.807, 2.05) is 0 Å². The fraction of sp³-hybridized carbons (Fsp3) is 0.467. The third-order valence-electron chi connectivity index (χ3n) is 3.88. The predicted octanol–water partition coefficient (Wildman–Crippen LogP) is -0.0172. The Labute approximate surface area is 133 Å². The van der Waals surface area contributed by atoms with Crippen LogP contribution in [0.15, 0.2) is 18.2 Å². The molecule has 0 saturated carbocycles. The Kier molecular flexibility index (Phi) is 3.42. The molecule has 122 valence electrons. The van der Waals surface area contributed by atoms with E-state index in [9.17, 15) is 19.6 Å². The van der Waals surface area contributed by atoms with Crippen LogP contribution in [-0.4, -0.2) is 52.8 Å². The molecule has 1 fully saturated rings. The summed E-state index contributed by atoms with van der Waals surface area (Å²) in [4.78, 5) is 25.5. The molecule has 1 spiro atoms. The number of fused-ring (bicyclic) bond motifs is 2. The van der Waals surface area contributed by atoms with Crippen LogP contribution in [0.3, 0.4) is 0 Å². The van der Waals surface area contributed by atoms with Gasteiger partial charge in [-0.05, 0) is 32.3 Å². The van der Waals surface area contributed by atoms with Gasteiger partial charge in [0, 0.05) is 5.56 Å². The van der Waals surface area contributed by atoms with Gasteiger partial charge in [-0.25, -0.2) is 9.59 Å². The van der Waals surface area contributed by atoms with Crippen LogP contribution >= 0.6 is 0 Å². The number of nitrogens with zero attached hydrogens (tertiary/aromatic N) is 1. The van der Waals surface area contributed by atoms with Crippen LogP contribution < -0.4 is 5.46 Å². The molecule has 0 aliphatic carbocycles. The van der Waals surface area contributed by atoms with Gasteiger partial charge in [0.25, 0.3) is 0 Å². The largest absolute Gasteiger partial charge is 0.488 e. The number of ether oxygens (including phenoxy) is 2. The lowest BCUT2D eigenvalue weighted by atomic mass is 9.75. The first-order chi connectivity index (χ1) is 10.6. The molecule has 0 radical (unpaired) electrons. The Morgan fingerprint density at radius 3 is 2.57 bits per heavy atom. The molecular weight excluding hydrogens is 301 g/mol. The van der Waals surface area contributed by atoms with Gasteiger partial charge in [0.1, 0.15) is 5.60 Å². The molecule has 2 aliphatic heterocycles. The summed E-state index contributed by atoms with van der Waals surface area (Å²) in [6.07, 6.45) is -0.467. The second kappa shape index (κ2) is 4.97. The quantitative estimate of drug-likeness (QED) is 0.558. The lowest BCUT2D eigenvalue weighted by molar-refractivity contribution is -0.104.